The second-order valence-corrected chi connectivity index (χ2v) is 8.85. The molecule has 156 valence electrons. The standard InChI is InChI=1S/C19H20F3N3O3S/c1-12-8-10-25(11-9-12)29(27,28)14-4-2-13(3-5-14)19(26)24-23-16-7-6-15(20)17(21)18(16)22/h2-7,12,23H,8-11H2,1H3,(H,24,26). The SMILES string of the molecule is CC1CCN(S(=O)(=O)c2ccc(C(=O)NNc3ccc(F)c(F)c3F)cc2)CC1. The number of hydrogen-bond acceptors (Lipinski definition) is 4. The van der Waals surface area contributed by atoms with Crippen LogP contribution in [0, 0.1) is 23.4 Å². The van der Waals surface area contributed by atoms with E-state index in [1.54, 1.807) is 0 Å². The maximum absolute atomic E-state index is 13.6. The lowest BCUT2D eigenvalue weighted by atomic mass is 10.0. The molecule has 2 N–H and O–H groups in total. The summed E-state index contributed by atoms with van der Waals surface area (Å²) in [5.74, 6) is -4.70. The molecule has 0 spiro atoms. The number of sulfonamides is 1. The van der Waals surface area contributed by atoms with E-state index in [9.17, 15) is 26.4 Å². The van der Waals surface area contributed by atoms with Crippen LogP contribution >= 0.6 is 0 Å². The largest absolute Gasteiger partial charge is 0.295 e. The van der Waals surface area contributed by atoms with E-state index in [1.807, 2.05) is 0 Å². The molecule has 0 radical (unpaired) electrons. The van der Waals surface area contributed by atoms with Gasteiger partial charge in [-0.05, 0) is 55.2 Å². The Labute approximate surface area is 166 Å². The van der Waals surface area contributed by atoms with Crippen molar-refractivity contribution in [2.75, 3.05) is 18.5 Å². The lowest BCUT2D eigenvalue weighted by molar-refractivity contribution is 0.0962. The third kappa shape index (κ3) is 4.54. The summed E-state index contributed by atoms with van der Waals surface area (Å²) >= 11 is 0. The van der Waals surface area contributed by atoms with E-state index in [2.05, 4.69) is 17.8 Å². The first kappa shape index (κ1) is 21.1. The maximum Gasteiger partial charge on any atom is 0.269 e. The first-order chi connectivity index (χ1) is 13.7. The van der Waals surface area contributed by atoms with Gasteiger partial charge in [0.15, 0.2) is 17.5 Å². The Morgan fingerprint density at radius 2 is 1.62 bits per heavy atom. The van der Waals surface area contributed by atoms with Gasteiger partial charge in [0.25, 0.3) is 5.91 Å². The van der Waals surface area contributed by atoms with Crippen LogP contribution in [0.2, 0.25) is 0 Å². The van der Waals surface area contributed by atoms with Crippen molar-refractivity contribution < 1.29 is 26.4 Å². The number of amides is 1. The zero-order valence-corrected chi connectivity index (χ0v) is 16.4. The first-order valence-corrected chi connectivity index (χ1v) is 10.4. The Kier molecular flexibility index (Phi) is 6.13. The Balaban J connectivity index is 1.67. The fourth-order valence-electron chi connectivity index (χ4n) is 2.97. The highest BCUT2D eigenvalue weighted by atomic mass is 32.2. The van der Waals surface area contributed by atoms with Gasteiger partial charge in [-0.3, -0.25) is 15.6 Å². The second kappa shape index (κ2) is 8.42. The van der Waals surface area contributed by atoms with Gasteiger partial charge in [-0.2, -0.15) is 4.31 Å². The average Bonchev–Trinajstić information content (AvgIpc) is 2.72. The normalized spacial score (nSPS) is 15.9. The van der Waals surface area contributed by atoms with E-state index >= 15 is 0 Å². The zero-order valence-electron chi connectivity index (χ0n) is 15.6. The molecule has 1 aliphatic rings. The van der Waals surface area contributed by atoms with Gasteiger partial charge in [0.1, 0.15) is 0 Å². The molecule has 0 unspecified atom stereocenters. The molecule has 0 aliphatic carbocycles. The number of anilines is 1. The molecule has 1 heterocycles. The van der Waals surface area contributed by atoms with Gasteiger partial charge in [0, 0.05) is 18.7 Å². The molecule has 3 rings (SSSR count). The van der Waals surface area contributed by atoms with Crippen LogP contribution in [-0.4, -0.2) is 31.7 Å². The van der Waals surface area contributed by atoms with E-state index in [0.717, 1.165) is 18.9 Å². The molecule has 0 saturated carbocycles. The van der Waals surface area contributed by atoms with Gasteiger partial charge in [-0.25, -0.2) is 21.6 Å². The predicted octanol–water partition coefficient (Wildman–Crippen LogP) is 3.28. The topological polar surface area (TPSA) is 78.5 Å². The minimum absolute atomic E-state index is 0.0724. The van der Waals surface area contributed by atoms with Crippen LogP contribution in [0.15, 0.2) is 41.3 Å². The smallest absolute Gasteiger partial charge is 0.269 e. The number of piperidine rings is 1. The van der Waals surface area contributed by atoms with Crippen LogP contribution in [0.5, 0.6) is 0 Å². The third-order valence-corrected chi connectivity index (χ3v) is 6.76. The summed E-state index contributed by atoms with van der Waals surface area (Å²) in [4.78, 5) is 12.2. The lowest BCUT2D eigenvalue weighted by Crippen LogP contribution is -2.37. The van der Waals surface area contributed by atoms with Crippen LogP contribution in [0.1, 0.15) is 30.1 Å². The molecule has 0 bridgehead atoms. The van der Waals surface area contributed by atoms with E-state index < -0.39 is 39.1 Å². The summed E-state index contributed by atoms with van der Waals surface area (Å²) in [5.41, 5.74) is 3.98. The number of benzene rings is 2. The molecule has 1 saturated heterocycles. The van der Waals surface area contributed by atoms with Crippen molar-refractivity contribution in [2.45, 2.75) is 24.7 Å². The van der Waals surface area contributed by atoms with Crippen LogP contribution in [0.4, 0.5) is 18.9 Å². The van der Waals surface area contributed by atoms with E-state index in [0.29, 0.717) is 25.1 Å². The highest BCUT2D eigenvalue weighted by Gasteiger charge is 2.28. The minimum Gasteiger partial charge on any atom is -0.295 e. The van der Waals surface area contributed by atoms with E-state index in [-0.39, 0.29) is 10.5 Å². The molecule has 0 atom stereocenters. The van der Waals surface area contributed by atoms with Crippen molar-refractivity contribution in [1.29, 1.82) is 0 Å². The highest BCUT2D eigenvalue weighted by Crippen LogP contribution is 2.24. The fraction of sp³-hybridized carbons (Fsp3) is 0.316. The quantitative estimate of drug-likeness (QED) is 0.567. The van der Waals surface area contributed by atoms with Crippen LogP contribution in [-0.2, 0) is 10.0 Å². The van der Waals surface area contributed by atoms with Crippen LogP contribution in [0.3, 0.4) is 0 Å². The predicted molar refractivity (Wildman–Crippen MR) is 101 cm³/mol. The maximum atomic E-state index is 13.6. The van der Waals surface area contributed by atoms with Gasteiger partial charge in [-0.15, -0.1) is 0 Å². The lowest BCUT2D eigenvalue weighted by Gasteiger charge is -2.29. The van der Waals surface area contributed by atoms with Crippen molar-refractivity contribution >= 4 is 21.6 Å². The van der Waals surface area contributed by atoms with E-state index in [1.165, 1.54) is 28.6 Å². The van der Waals surface area contributed by atoms with E-state index in [4.69, 9.17) is 0 Å². The number of carbonyl (C=O) groups is 1. The molecule has 1 aliphatic heterocycles. The molecular formula is C19H20F3N3O3S. The van der Waals surface area contributed by atoms with Gasteiger partial charge in [-0.1, -0.05) is 6.92 Å². The number of nitrogens with one attached hydrogen (secondary N) is 2. The zero-order chi connectivity index (χ0) is 21.2. The summed E-state index contributed by atoms with van der Waals surface area (Å²) in [6, 6.07) is 6.92. The Bertz CT molecular complexity index is 1010. The molecule has 2 aromatic carbocycles. The molecule has 6 nitrogen and oxygen atoms in total. The van der Waals surface area contributed by atoms with Crippen molar-refractivity contribution in [3.63, 3.8) is 0 Å². The summed E-state index contributed by atoms with van der Waals surface area (Å²) in [6.45, 7) is 2.99. The van der Waals surface area contributed by atoms with Gasteiger partial charge in [0.2, 0.25) is 10.0 Å². The van der Waals surface area contributed by atoms with Gasteiger partial charge in [0.05, 0.1) is 10.6 Å². The van der Waals surface area contributed by atoms with Gasteiger partial charge < -0.3 is 0 Å². The summed E-state index contributed by atoms with van der Waals surface area (Å²) in [7, 11) is -3.64. The molecule has 1 fully saturated rings. The fourth-order valence-corrected chi connectivity index (χ4v) is 4.44. The summed E-state index contributed by atoms with van der Waals surface area (Å²) < 4.78 is 66.5. The molecule has 1 amide bonds. The number of nitrogens with zero attached hydrogens (tertiary/aromatic N) is 1. The number of carbonyl (C=O) groups excluding carboxylic acids is 1. The third-order valence-electron chi connectivity index (χ3n) is 4.84. The number of halogens is 3. The summed E-state index contributed by atoms with van der Waals surface area (Å²) in [6.07, 6.45) is 1.60. The second-order valence-electron chi connectivity index (χ2n) is 6.91. The molecular weight excluding hydrogens is 407 g/mol. The molecule has 0 aromatic heterocycles. The average molecular weight is 427 g/mol. The van der Waals surface area contributed by atoms with Crippen molar-refractivity contribution in [3.8, 4) is 0 Å². The van der Waals surface area contributed by atoms with Crippen molar-refractivity contribution in [1.82, 2.24) is 9.73 Å². The number of hydrazine groups is 1. The van der Waals surface area contributed by atoms with Crippen molar-refractivity contribution in [3.05, 3.63) is 59.4 Å². The Morgan fingerprint density at radius 3 is 2.24 bits per heavy atom. The summed E-state index contributed by atoms with van der Waals surface area (Å²) in [5, 5.41) is 0. The highest BCUT2D eigenvalue weighted by molar-refractivity contribution is 7.89. The van der Waals surface area contributed by atoms with Gasteiger partial charge >= 0.3 is 0 Å². The van der Waals surface area contributed by atoms with Crippen LogP contribution in [0.25, 0.3) is 0 Å². The Morgan fingerprint density at radius 1 is 1.00 bits per heavy atom. The number of hydrogen-bond donors (Lipinski definition) is 2. The monoisotopic (exact) mass is 427 g/mol. The molecule has 2 aromatic rings. The number of rotatable bonds is 5. The van der Waals surface area contributed by atoms with Crippen molar-refractivity contribution in [2.24, 2.45) is 5.92 Å². The van der Waals surface area contributed by atoms with Crippen LogP contribution < -0.4 is 10.9 Å². The Hall–Kier alpha value is -2.59. The minimum atomic E-state index is -3.64. The molecule has 29 heavy (non-hydrogen) atoms. The first-order valence-electron chi connectivity index (χ1n) is 9.00. The molecule has 10 heteroatoms.